The third-order valence-corrected chi connectivity index (χ3v) is 2.50. The average molecular weight is 200 g/mol. The Morgan fingerprint density at radius 3 is 2.67 bits per heavy atom. The summed E-state index contributed by atoms with van der Waals surface area (Å²) in [6, 6.07) is 10.1. The summed E-state index contributed by atoms with van der Waals surface area (Å²) in [6.45, 7) is 3.86. The highest BCUT2D eigenvalue weighted by atomic mass is 16.1. The molecular weight excluding hydrogens is 184 g/mol. The van der Waals surface area contributed by atoms with Crippen molar-refractivity contribution in [2.75, 3.05) is 0 Å². The molecule has 0 fully saturated rings. The fourth-order valence-electron chi connectivity index (χ4n) is 1.25. The van der Waals surface area contributed by atoms with Crippen LogP contribution in [0.15, 0.2) is 42.0 Å². The lowest BCUT2D eigenvalue weighted by Gasteiger charge is -2.04. The van der Waals surface area contributed by atoms with Gasteiger partial charge in [-0.15, -0.1) is 0 Å². The minimum Gasteiger partial charge on any atom is -0.234 e. The Kier molecular flexibility index (Phi) is 4.59. The number of hydrogen-bond donors (Lipinski definition) is 0. The summed E-state index contributed by atoms with van der Waals surface area (Å²) < 4.78 is 0. The molecule has 15 heavy (non-hydrogen) atoms. The molecule has 0 saturated carbocycles. The van der Waals surface area contributed by atoms with Crippen LogP contribution in [-0.2, 0) is 4.79 Å². The maximum absolute atomic E-state index is 10.4. The molecular formula is C14H16O. The van der Waals surface area contributed by atoms with Gasteiger partial charge in [0.05, 0.1) is 0 Å². The zero-order chi connectivity index (χ0) is 11.1. The summed E-state index contributed by atoms with van der Waals surface area (Å²) >= 11 is 0. The van der Waals surface area contributed by atoms with Gasteiger partial charge in [0, 0.05) is 5.57 Å². The lowest BCUT2D eigenvalue weighted by Crippen LogP contribution is -1.94. The van der Waals surface area contributed by atoms with Gasteiger partial charge in [-0.3, -0.25) is 0 Å². The SMILES string of the molecule is CC(=C=O)C(C)C/C=C/c1ccccc1. The first-order valence-electron chi connectivity index (χ1n) is 5.17. The Balaban J connectivity index is 2.51. The molecule has 1 aromatic rings. The molecule has 0 heterocycles. The second-order valence-electron chi connectivity index (χ2n) is 3.73. The molecule has 0 spiro atoms. The number of benzene rings is 1. The van der Waals surface area contributed by atoms with Crippen LogP contribution >= 0.6 is 0 Å². The standard InChI is InChI=1S/C14H16O/c1-12(13(2)11-15)7-6-10-14-8-4-3-5-9-14/h3-6,8-10,12H,7H2,1-2H3/b10-6+. The van der Waals surface area contributed by atoms with Gasteiger partial charge < -0.3 is 0 Å². The maximum Gasteiger partial charge on any atom is 0.123 e. The fourth-order valence-corrected chi connectivity index (χ4v) is 1.25. The molecule has 1 nitrogen and oxygen atoms in total. The van der Waals surface area contributed by atoms with E-state index in [1.165, 1.54) is 5.56 Å². The summed E-state index contributed by atoms with van der Waals surface area (Å²) in [6.07, 6.45) is 5.06. The van der Waals surface area contributed by atoms with Crippen molar-refractivity contribution in [3.05, 3.63) is 47.5 Å². The zero-order valence-corrected chi connectivity index (χ0v) is 9.23. The van der Waals surface area contributed by atoms with E-state index in [-0.39, 0.29) is 5.92 Å². The topological polar surface area (TPSA) is 17.1 Å². The van der Waals surface area contributed by atoms with Crippen LogP contribution in [0.2, 0.25) is 0 Å². The van der Waals surface area contributed by atoms with Crippen molar-refractivity contribution < 1.29 is 4.79 Å². The van der Waals surface area contributed by atoms with Gasteiger partial charge in [-0.25, -0.2) is 4.79 Å². The van der Waals surface area contributed by atoms with E-state index < -0.39 is 0 Å². The number of rotatable bonds is 4. The summed E-state index contributed by atoms with van der Waals surface area (Å²) in [5, 5.41) is 0. The molecule has 1 unspecified atom stereocenters. The number of allylic oxidation sites excluding steroid dienone is 2. The molecule has 0 bridgehead atoms. The smallest absolute Gasteiger partial charge is 0.123 e. The van der Waals surface area contributed by atoms with Gasteiger partial charge in [0.1, 0.15) is 5.94 Å². The van der Waals surface area contributed by atoms with Crippen LogP contribution < -0.4 is 0 Å². The molecule has 0 aromatic heterocycles. The van der Waals surface area contributed by atoms with Crippen molar-refractivity contribution in [2.45, 2.75) is 20.3 Å². The van der Waals surface area contributed by atoms with E-state index >= 15 is 0 Å². The molecule has 0 radical (unpaired) electrons. The van der Waals surface area contributed by atoms with Crippen LogP contribution in [0.3, 0.4) is 0 Å². The third kappa shape index (κ3) is 3.97. The van der Waals surface area contributed by atoms with E-state index in [0.717, 1.165) is 12.0 Å². The van der Waals surface area contributed by atoms with Crippen molar-refractivity contribution in [3.63, 3.8) is 0 Å². The van der Waals surface area contributed by atoms with Crippen molar-refractivity contribution in [1.82, 2.24) is 0 Å². The van der Waals surface area contributed by atoms with Gasteiger partial charge in [0.15, 0.2) is 0 Å². The fraction of sp³-hybridized carbons (Fsp3) is 0.286. The van der Waals surface area contributed by atoms with Crippen molar-refractivity contribution >= 4 is 12.0 Å². The van der Waals surface area contributed by atoms with Crippen LogP contribution in [0.5, 0.6) is 0 Å². The first kappa shape index (κ1) is 11.5. The minimum atomic E-state index is 0.280. The second kappa shape index (κ2) is 6.00. The van der Waals surface area contributed by atoms with Crippen LogP contribution in [0.25, 0.3) is 6.08 Å². The van der Waals surface area contributed by atoms with E-state index in [0.29, 0.717) is 0 Å². The first-order valence-corrected chi connectivity index (χ1v) is 5.17. The van der Waals surface area contributed by atoms with Crippen LogP contribution in [0.1, 0.15) is 25.8 Å². The molecule has 1 atom stereocenters. The molecule has 1 heteroatoms. The number of hydrogen-bond acceptors (Lipinski definition) is 1. The van der Waals surface area contributed by atoms with Gasteiger partial charge in [-0.05, 0) is 24.8 Å². The van der Waals surface area contributed by atoms with E-state index in [1.807, 2.05) is 38.0 Å². The van der Waals surface area contributed by atoms with Crippen LogP contribution in [0, 0.1) is 5.92 Å². The van der Waals surface area contributed by atoms with Crippen molar-refractivity contribution in [3.8, 4) is 0 Å². The molecule has 0 aliphatic heterocycles. The normalized spacial score (nSPS) is 12.4. The predicted octanol–water partition coefficient (Wildman–Crippen LogP) is 3.50. The maximum atomic E-state index is 10.4. The summed E-state index contributed by atoms with van der Waals surface area (Å²) in [5.41, 5.74) is 1.98. The van der Waals surface area contributed by atoms with Gasteiger partial charge in [0.2, 0.25) is 0 Å². The summed E-state index contributed by atoms with van der Waals surface area (Å²) in [5.74, 6) is 2.23. The van der Waals surface area contributed by atoms with Crippen molar-refractivity contribution in [2.24, 2.45) is 5.92 Å². The largest absolute Gasteiger partial charge is 0.234 e. The van der Waals surface area contributed by atoms with Gasteiger partial charge in [0.25, 0.3) is 0 Å². The molecule has 78 valence electrons. The van der Waals surface area contributed by atoms with Crippen LogP contribution in [0.4, 0.5) is 0 Å². The highest BCUT2D eigenvalue weighted by molar-refractivity contribution is 5.53. The molecule has 0 N–H and O–H groups in total. The Morgan fingerprint density at radius 1 is 1.40 bits per heavy atom. The Labute approximate surface area is 91.1 Å². The van der Waals surface area contributed by atoms with Gasteiger partial charge in [-0.2, -0.15) is 0 Å². The quantitative estimate of drug-likeness (QED) is 0.680. The van der Waals surface area contributed by atoms with E-state index in [1.54, 1.807) is 0 Å². The molecule has 0 saturated heterocycles. The molecule has 1 rings (SSSR count). The Bertz CT molecular complexity index is 370. The summed E-state index contributed by atoms with van der Waals surface area (Å²) in [4.78, 5) is 10.4. The van der Waals surface area contributed by atoms with E-state index in [2.05, 4.69) is 24.3 Å². The molecule has 0 amide bonds. The average Bonchev–Trinajstić information content (AvgIpc) is 2.29. The van der Waals surface area contributed by atoms with Gasteiger partial charge >= 0.3 is 0 Å². The zero-order valence-electron chi connectivity index (χ0n) is 9.23. The van der Waals surface area contributed by atoms with E-state index in [4.69, 9.17) is 0 Å². The lowest BCUT2D eigenvalue weighted by atomic mass is 10.00. The highest BCUT2D eigenvalue weighted by Gasteiger charge is 2.01. The predicted molar refractivity (Wildman–Crippen MR) is 64.1 cm³/mol. The second-order valence-corrected chi connectivity index (χ2v) is 3.73. The first-order chi connectivity index (χ1) is 7.24. The van der Waals surface area contributed by atoms with Crippen LogP contribution in [-0.4, -0.2) is 5.94 Å². The van der Waals surface area contributed by atoms with E-state index in [9.17, 15) is 4.79 Å². The molecule has 0 aliphatic carbocycles. The Hall–Kier alpha value is -1.59. The van der Waals surface area contributed by atoms with Crippen molar-refractivity contribution in [1.29, 1.82) is 0 Å². The summed E-state index contributed by atoms with van der Waals surface area (Å²) in [7, 11) is 0. The molecule has 0 aliphatic rings. The lowest BCUT2D eigenvalue weighted by molar-refractivity contribution is 0.561. The monoisotopic (exact) mass is 200 g/mol. The molecule has 1 aromatic carbocycles. The van der Waals surface area contributed by atoms with Gasteiger partial charge in [-0.1, -0.05) is 49.4 Å². The minimum absolute atomic E-state index is 0.280. The Morgan fingerprint density at radius 2 is 2.07 bits per heavy atom. The number of carbonyl (C=O) groups excluding carboxylic acids is 1. The highest BCUT2D eigenvalue weighted by Crippen LogP contribution is 2.12. The third-order valence-electron chi connectivity index (χ3n) is 2.50.